The average Bonchev–Trinajstić information content (AvgIpc) is 3.43. The summed E-state index contributed by atoms with van der Waals surface area (Å²) in [5.41, 5.74) is 1.24. The third kappa shape index (κ3) is 3.17. The number of rotatable bonds is 4. The summed E-state index contributed by atoms with van der Waals surface area (Å²) in [6.45, 7) is 0. The Labute approximate surface area is 176 Å². The molecule has 5 aromatic rings. The number of hydrogen-bond acceptors (Lipinski definition) is 6. The summed E-state index contributed by atoms with van der Waals surface area (Å²) < 4.78 is 7.73. The molecule has 8 nitrogen and oxygen atoms in total. The number of benzene rings is 2. The number of aromatic carboxylic acids is 2. The zero-order chi connectivity index (χ0) is 21.7. The van der Waals surface area contributed by atoms with Gasteiger partial charge in [0.1, 0.15) is 16.1 Å². The molecule has 0 bridgehead atoms. The van der Waals surface area contributed by atoms with Crippen LogP contribution in [-0.4, -0.2) is 31.5 Å². The van der Waals surface area contributed by atoms with Gasteiger partial charge in [0.25, 0.3) is 5.56 Å². The number of imidazole rings is 1. The van der Waals surface area contributed by atoms with Crippen molar-refractivity contribution in [3.05, 3.63) is 86.4 Å². The molecule has 0 fully saturated rings. The molecule has 9 heteroatoms. The summed E-state index contributed by atoms with van der Waals surface area (Å²) in [7, 11) is 0. The highest BCUT2D eigenvalue weighted by molar-refractivity contribution is 7.15. The zero-order valence-corrected chi connectivity index (χ0v) is 16.4. The lowest BCUT2D eigenvalue weighted by Crippen LogP contribution is -2.22. The van der Waals surface area contributed by atoms with Crippen LogP contribution in [0.2, 0.25) is 0 Å². The number of carboxylic acid groups (broad SMARTS) is 2. The van der Waals surface area contributed by atoms with Gasteiger partial charge < -0.3 is 14.6 Å². The van der Waals surface area contributed by atoms with Crippen LogP contribution >= 0.6 is 11.3 Å². The predicted molar refractivity (Wildman–Crippen MR) is 114 cm³/mol. The highest BCUT2D eigenvalue weighted by Crippen LogP contribution is 2.25. The van der Waals surface area contributed by atoms with Crippen molar-refractivity contribution in [1.82, 2.24) is 9.38 Å². The third-order valence-electron chi connectivity index (χ3n) is 4.76. The standard InChI is InChI=1S/C22H12N2O6S/c25-19-18(31-22-23-15-3-1-2-4-16(15)24(19)22)10-14-5-6-17(30-14)11-7-12(20(26)27)9-13(8-11)21(28)29/h1-10H,(H,26,27)(H,28,29). The van der Waals surface area contributed by atoms with Gasteiger partial charge in [0, 0.05) is 11.6 Å². The first-order valence-electron chi connectivity index (χ1n) is 9.04. The van der Waals surface area contributed by atoms with Crippen LogP contribution < -0.4 is 10.1 Å². The van der Waals surface area contributed by atoms with Crippen molar-refractivity contribution in [2.45, 2.75) is 0 Å². The van der Waals surface area contributed by atoms with E-state index in [1.54, 1.807) is 22.6 Å². The average molecular weight is 432 g/mol. The number of carboxylic acids is 2. The summed E-state index contributed by atoms with van der Waals surface area (Å²) in [4.78, 5) is 40.5. The normalized spacial score (nSPS) is 12.1. The quantitative estimate of drug-likeness (QED) is 0.447. The maximum Gasteiger partial charge on any atom is 0.335 e. The molecule has 0 saturated heterocycles. The molecule has 3 aromatic heterocycles. The lowest BCUT2D eigenvalue weighted by atomic mass is 10.0. The monoisotopic (exact) mass is 432 g/mol. The molecule has 0 amide bonds. The topological polar surface area (TPSA) is 122 Å². The Morgan fingerprint density at radius 2 is 1.71 bits per heavy atom. The fourth-order valence-electron chi connectivity index (χ4n) is 3.34. The number of thiazole rings is 1. The molecule has 0 unspecified atom stereocenters. The van der Waals surface area contributed by atoms with Crippen molar-refractivity contribution < 1.29 is 24.2 Å². The number of carbonyl (C=O) groups is 2. The number of aromatic nitrogens is 2. The molecule has 0 radical (unpaired) electrons. The lowest BCUT2D eigenvalue weighted by Gasteiger charge is -2.03. The minimum atomic E-state index is -1.24. The largest absolute Gasteiger partial charge is 0.478 e. The van der Waals surface area contributed by atoms with E-state index in [1.807, 2.05) is 24.3 Å². The van der Waals surface area contributed by atoms with Gasteiger partial charge >= 0.3 is 11.9 Å². The number of hydrogen-bond donors (Lipinski definition) is 2. The Kier molecular flexibility index (Phi) is 4.19. The molecule has 31 heavy (non-hydrogen) atoms. The molecular weight excluding hydrogens is 420 g/mol. The van der Waals surface area contributed by atoms with Crippen LogP contribution in [-0.2, 0) is 0 Å². The van der Waals surface area contributed by atoms with Crippen molar-refractivity contribution in [1.29, 1.82) is 0 Å². The molecule has 0 atom stereocenters. The summed E-state index contributed by atoms with van der Waals surface area (Å²) in [6.07, 6.45) is 1.58. The Hall–Kier alpha value is -4.24. The third-order valence-corrected chi connectivity index (χ3v) is 5.73. The number of fused-ring (bicyclic) bond motifs is 3. The van der Waals surface area contributed by atoms with Crippen LogP contribution in [0.25, 0.3) is 33.4 Å². The van der Waals surface area contributed by atoms with Crippen LogP contribution in [0.4, 0.5) is 0 Å². The van der Waals surface area contributed by atoms with Gasteiger partial charge in [0.2, 0.25) is 0 Å². The minimum absolute atomic E-state index is 0.162. The molecule has 5 rings (SSSR count). The highest BCUT2D eigenvalue weighted by atomic mass is 32.1. The molecule has 0 aliphatic heterocycles. The second-order valence-corrected chi connectivity index (χ2v) is 7.75. The minimum Gasteiger partial charge on any atom is -0.478 e. The maximum atomic E-state index is 12.9. The van der Waals surface area contributed by atoms with Gasteiger partial charge in [-0.25, -0.2) is 19.0 Å². The molecular formula is C22H12N2O6S. The lowest BCUT2D eigenvalue weighted by molar-refractivity contribution is 0.0696. The van der Waals surface area contributed by atoms with Gasteiger partial charge in [-0.3, -0.25) is 4.79 Å². The molecule has 3 heterocycles. The van der Waals surface area contributed by atoms with Crippen LogP contribution in [0.5, 0.6) is 0 Å². The van der Waals surface area contributed by atoms with Crippen LogP contribution in [0, 0.1) is 0 Å². The molecule has 2 N–H and O–H groups in total. The second kappa shape index (κ2) is 6.92. The smallest absolute Gasteiger partial charge is 0.335 e. The second-order valence-electron chi connectivity index (χ2n) is 6.75. The highest BCUT2D eigenvalue weighted by Gasteiger charge is 2.15. The first-order chi connectivity index (χ1) is 14.9. The van der Waals surface area contributed by atoms with Gasteiger partial charge in [-0.2, -0.15) is 0 Å². The molecule has 0 aliphatic rings. The van der Waals surface area contributed by atoms with Gasteiger partial charge in [-0.1, -0.05) is 23.5 Å². The molecule has 2 aromatic carbocycles. The van der Waals surface area contributed by atoms with E-state index in [9.17, 15) is 24.6 Å². The first-order valence-corrected chi connectivity index (χ1v) is 9.86. The van der Waals surface area contributed by atoms with E-state index in [2.05, 4.69) is 4.98 Å². The van der Waals surface area contributed by atoms with Crippen LogP contribution in [0.3, 0.4) is 0 Å². The van der Waals surface area contributed by atoms with E-state index >= 15 is 0 Å². The fourth-order valence-corrected chi connectivity index (χ4v) is 4.31. The Morgan fingerprint density at radius 3 is 2.42 bits per heavy atom. The number of para-hydroxylation sites is 2. The van der Waals surface area contributed by atoms with Gasteiger partial charge in [0.05, 0.1) is 22.2 Å². The van der Waals surface area contributed by atoms with Crippen molar-refractivity contribution in [3.63, 3.8) is 0 Å². The van der Waals surface area contributed by atoms with Crippen molar-refractivity contribution in [3.8, 4) is 11.3 Å². The van der Waals surface area contributed by atoms with E-state index in [1.165, 1.54) is 23.5 Å². The Bertz CT molecular complexity index is 1590. The van der Waals surface area contributed by atoms with E-state index in [0.29, 0.717) is 20.8 Å². The summed E-state index contributed by atoms with van der Waals surface area (Å²) in [5.74, 6) is -1.82. The molecule has 0 aliphatic carbocycles. The van der Waals surface area contributed by atoms with Gasteiger partial charge in [-0.15, -0.1) is 0 Å². The van der Waals surface area contributed by atoms with Crippen LogP contribution in [0.1, 0.15) is 26.5 Å². The van der Waals surface area contributed by atoms with Crippen molar-refractivity contribution in [2.75, 3.05) is 0 Å². The van der Waals surface area contributed by atoms with Crippen LogP contribution in [0.15, 0.2) is 63.8 Å². The fraction of sp³-hybridized carbons (Fsp3) is 0. The molecule has 152 valence electrons. The maximum absolute atomic E-state index is 12.9. The van der Waals surface area contributed by atoms with E-state index in [4.69, 9.17) is 4.42 Å². The first kappa shape index (κ1) is 18.8. The molecule has 0 saturated carbocycles. The number of nitrogens with zero attached hydrogens (tertiary/aromatic N) is 2. The zero-order valence-electron chi connectivity index (χ0n) is 15.6. The van der Waals surface area contributed by atoms with Gasteiger partial charge in [-0.05, 0) is 42.5 Å². The summed E-state index contributed by atoms with van der Waals surface area (Å²) >= 11 is 1.23. The van der Waals surface area contributed by atoms with E-state index in [0.717, 1.165) is 17.1 Å². The number of furan rings is 1. The Balaban J connectivity index is 1.60. The summed E-state index contributed by atoms with van der Waals surface area (Å²) in [5, 5.41) is 18.5. The van der Waals surface area contributed by atoms with Crippen molar-refractivity contribution in [2.24, 2.45) is 0 Å². The van der Waals surface area contributed by atoms with E-state index in [-0.39, 0.29) is 22.4 Å². The van der Waals surface area contributed by atoms with E-state index < -0.39 is 11.9 Å². The van der Waals surface area contributed by atoms with Crippen molar-refractivity contribution >= 4 is 45.3 Å². The molecule has 0 spiro atoms. The Morgan fingerprint density at radius 1 is 1.00 bits per heavy atom. The SMILES string of the molecule is O=C(O)c1cc(C(=O)O)cc(-c2ccc(C=c3sc4nc5ccccc5n4c3=O)o2)c1. The predicted octanol–water partition coefficient (Wildman–Crippen LogP) is 3.11. The van der Waals surface area contributed by atoms with Gasteiger partial charge in [0.15, 0.2) is 4.96 Å². The summed E-state index contributed by atoms with van der Waals surface area (Å²) in [6, 6.07) is 14.3.